The molecule has 1 aliphatic carbocycles. The summed E-state index contributed by atoms with van der Waals surface area (Å²) in [5, 5.41) is 28.7. The average molecular weight is 272 g/mol. The van der Waals surface area contributed by atoms with Gasteiger partial charge in [-0.3, -0.25) is 4.79 Å². The van der Waals surface area contributed by atoms with E-state index < -0.39 is 12.2 Å². The van der Waals surface area contributed by atoms with Gasteiger partial charge in [0, 0.05) is 18.9 Å². The van der Waals surface area contributed by atoms with Crippen molar-refractivity contribution in [1.29, 1.82) is 0 Å². The summed E-state index contributed by atoms with van der Waals surface area (Å²) >= 11 is 0. The Kier molecular flexibility index (Phi) is 7.05. The monoisotopic (exact) mass is 272 g/mol. The van der Waals surface area contributed by atoms with E-state index in [0.29, 0.717) is 19.3 Å². The number of aliphatic hydroxyl groups excluding tert-OH is 3. The van der Waals surface area contributed by atoms with Gasteiger partial charge in [-0.05, 0) is 31.6 Å². The fourth-order valence-electron chi connectivity index (χ4n) is 2.59. The first-order valence-electron chi connectivity index (χ1n) is 6.79. The van der Waals surface area contributed by atoms with Gasteiger partial charge in [0.15, 0.2) is 0 Å². The summed E-state index contributed by atoms with van der Waals surface area (Å²) in [7, 11) is 1.37. The summed E-state index contributed by atoms with van der Waals surface area (Å²) in [6, 6.07) is 0. The SMILES string of the molecule is COC(=O)CCC/C=C\C[C@@H]1[C@@H](CO)[C@H](O)C[C@@H]1O. The van der Waals surface area contributed by atoms with Crippen molar-refractivity contribution in [2.45, 2.75) is 44.3 Å². The van der Waals surface area contributed by atoms with E-state index in [9.17, 15) is 20.1 Å². The van der Waals surface area contributed by atoms with Crippen LogP contribution in [0.15, 0.2) is 12.2 Å². The van der Waals surface area contributed by atoms with E-state index in [2.05, 4.69) is 4.74 Å². The van der Waals surface area contributed by atoms with Gasteiger partial charge < -0.3 is 20.1 Å². The Morgan fingerprint density at radius 1 is 1.26 bits per heavy atom. The van der Waals surface area contributed by atoms with Crippen molar-refractivity contribution in [2.24, 2.45) is 11.8 Å². The van der Waals surface area contributed by atoms with Crippen LogP contribution in [0.2, 0.25) is 0 Å². The summed E-state index contributed by atoms with van der Waals surface area (Å²) < 4.78 is 4.54. The Morgan fingerprint density at radius 2 is 1.95 bits per heavy atom. The number of aliphatic hydroxyl groups is 3. The number of allylic oxidation sites excluding steroid dienone is 2. The lowest BCUT2D eigenvalue weighted by molar-refractivity contribution is -0.140. The molecule has 4 atom stereocenters. The van der Waals surface area contributed by atoms with E-state index >= 15 is 0 Å². The number of hydrogen-bond donors (Lipinski definition) is 3. The number of ether oxygens (including phenoxy) is 1. The van der Waals surface area contributed by atoms with Crippen LogP contribution in [-0.4, -0.2) is 47.2 Å². The number of rotatable bonds is 7. The molecule has 1 saturated carbocycles. The highest BCUT2D eigenvalue weighted by Gasteiger charge is 2.40. The molecule has 0 spiro atoms. The fourth-order valence-corrected chi connectivity index (χ4v) is 2.59. The zero-order valence-electron chi connectivity index (χ0n) is 11.4. The lowest BCUT2D eigenvalue weighted by Gasteiger charge is -2.19. The molecule has 0 saturated heterocycles. The van der Waals surface area contributed by atoms with Crippen molar-refractivity contribution in [3.05, 3.63) is 12.2 Å². The second-order valence-corrected chi connectivity index (χ2v) is 5.06. The predicted octanol–water partition coefficient (Wildman–Crippen LogP) is 0.626. The topological polar surface area (TPSA) is 87.0 Å². The second kappa shape index (κ2) is 8.30. The Hall–Kier alpha value is -0.910. The molecular weight excluding hydrogens is 248 g/mol. The Bertz CT molecular complexity index is 302. The zero-order valence-corrected chi connectivity index (χ0v) is 11.4. The predicted molar refractivity (Wildman–Crippen MR) is 70.3 cm³/mol. The molecule has 3 N–H and O–H groups in total. The summed E-state index contributed by atoms with van der Waals surface area (Å²) in [5.74, 6) is -0.533. The third-order valence-corrected chi connectivity index (χ3v) is 3.79. The van der Waals surface area contributed by atoms with Crippen LogP contribution in [0.25, 0.3) is 0 Å². The van der Waals surface area contributed by atoms with Crippen LogP contribution in [-0.2, 0) is 9.53 Å². The molecule has 1 aliphatic rings. The smallest absolute Gasteiger partial charge is 0.305 e. The molecule has 5 nitrogen and oxygen atoms in total. The molecule has 19 heavy (non-hydrogen) atoms. The maximum atomic E-state index is 10.9. The largest absolute Gasteiger partial charge is 0.469 e. The lowest BCUT2D eigenvalue weighted by Crippen LogP contribution is -2.24. The van der Waals surface area contributed by atoms with Crippen LogP contribution < -0.4 is 0 Å². The Morgan fingerprint density at radius 3 is 2.58 bits per heavy atom. The van der Waals surface area contributed by atoms with E-state index in [1.807, 2.05) is 12.2 Å². The first kappa shape index (κ1) is 16.1. The van der Waals surface area contributed by atoms with E-state index in [0.717, 1.165) is 12.8 Å². The highest BCUT2D eigenvalue weighted by atomic mass is 16.5. The van der Waals surface area contributed by atoms with Gasteiger partial charge in [0.1, 0.15) is 0 Å². The number of carbonyl (C=O) groups is 1. The van der Waals surface area contributed by atoms with Gasteiger partial charge in [-0.25, -0.2) is 0 Å². The second-order valence-electron chi connectivity index (χ2n) is 5.06. The molecule has 0 aliphatic heterocycles. The highest BCUT2D eigenvalue weighted by Crippen LogP contribution is 2.34. The molecular formula is C14H24O5. The van der Waals surface area contributed by atoms with Crippen LogP contribution in [0, 0.1) is 11.8 Å². The molecule has 0 aromatic heterocycles. The van der Waals surface area contributed by atoms with Crippen LogP contribution in [0.1, 0.15) is 32.1 Å². The molecule has 0 heterocycles. The van der Waals surface area contributed by atoms with E-state index in [4.69, 9.17) is 0 Å². The molecule has 1 fully saturated rings. The van der Waals surface area contributed by atoms with Crippen molar-refractivity contribution >= 4 is 5.97 Å². The maximum absolute atomic E-state index is 10.9. The Labute approximate surface area is 113 Å². The third-order valence-electron chi connectivity index (χ3n) is 3.79. The molecule has 110 valence electrons. The minimum absolute atomic E-state index is 0.0862. The van der Waals surface area contributed by atoms with Gasteiger partial charge >= 0.3 is 5.97 Å². The van der Waals surface area contributed by atoms with Crippen molar-refractivity contribution in [1.82, 2.24) is 0 Å². The molecule has 1 rings (SSSR count). The van der Waals surface area contributed by atoms with Gasteiger partial charge in [-0.15, -0.1) is 0 Å². The fraction of sp³-hybridized carbons (Fsp3) is 0.786. The Balaban J connectivity index is 2.25. The van der Waals surface area contributed by atoms with Gasteiger partial charge in [-0.1, -0.05) is 12.2 Å². The van der Waals surface area contributed by atoms with Crippen molar-refractivity contribution in [2.75, 3.05) is 13.7 Å². The molecule has 5 heteroatoms. The number of carbonyl (C=O) groups excluding carboxylic acids is 1. The lowest BCUT2D eigenvalue weighted by atomic mass is 9.91. The molecule has 0 unspecified atom stereocenters. The summed E-state index contributed by atoms with van der Waals surface area (Å²) in [4.78, 5) is 10.9. The average Bonchev–Trinajstić information content (AvgIpc) is 2.67. The standard InChI is InChI=1S/C14H24O5/c1-19-14(18)7-5-3-2-4-6-10-11(9-15)13(17)8-12(10)16/h2,4,10-13,15-17H,3,5-9H2,1H3/b4-2-/t10-,11-,12+,13-/m1/s1. The maximum Gasteiger partial charge on any atom is 0.305 e. The summed E-state index contributed by atoms with van der Waals surface area (Å²) in [5.41, 5.74) is 0. The first-order valence-corrected chi connectivity index (χ1v) is 6.79. The van der Waals surface area contributed by atoms with Crippen LogP contribution >= 0.6 is 0 Å². The van der Waals surface area contributed by atoms with E-state index in [1.165, 1.54) is 7.11 Å². The number of methoxy groups -OCH3 is 1. The minimum Gasteiger partial charge on any atom is -0.469 e. The molecule has 0 radical (unpaired) electrons. The third kappa shape index (κ3) is 4.93. The van der Waals surface area contributed by atoms with Gasteiger partial charge in [0.05, 0.1) is 19.3 Å². The van der Waals surface area contributed by atoms with Gasteiger partial charge in [0.2, 0.25) is 0 Å². The zero-order chi connectivity index (χ0) is 14.3. The normalized spacial score (nSPS) is 30.9. The van der Waals surface area contributed by atoms with Crippen molar-refractivity contribution in [3.63, 3.8) is 0 Å². The van der Waals surface area contributed by atoms with E-state index in [1.54, 1.807) is 0 Å². The van der Waals surface area contributed by atoms with Crippen molar-refractivity contribution < 1.29 is 24.9 Å². The van der Waals surface area contributed by atoms with Crippen LogP contribution in [0.3, 0.4) is 0 Å². The molecule has 0 aromatic rings. The van der Waals surface area contributed by atoms with E-state index in [-0.39, 0.29) is 24.4 Å². The quantitative estimate of drug-likeness (QED) is 0.359. The minimum atomic E-state index is -0.613. The van der Waals surface area contributed by atoms with Gasteiger partial charge in [0.25, 0.3) is 0 Å². The van der Waals surface area contributed by atoms with Crippen LogP contribution in [0.4, 0.5) is 0 Å². The molecule has 0 aromatic carbocycles. The highest BCUT2D eigenvalue weighted by molar-refractivity contribution is 5.68. The summed E-state index contributed by atoms with van der Waals surface area (Å²) in [6.07, 6.45) is 5.66. The van der Waals surface area contributed by atoms with Crippen molar-refractivity contribution in [3.8, 4) is 0 Å². The number of unbranched alkanes of at least 4 members (excludes halogenated alkanes) is 1. The number of esters is 1. The first-order chi connectivity index (χ1) is 9.10. The molecule has 0 amide bonds. The number of hydrogen-bond acceptors (Lipinski definition) is 5. The molecule has 0 bridgehead atoms. The van der Waals surface area contributed by atoms with Gasteiger partial charge in [-0.2, -0.15) is 0 Å². The van der Waals surface area contributed by atoms with Crippen LogP contribution in [0.5, 0.6) is 0 Å². The summed E-state index contributed by atoms with van der Waals surface area (Å²) in [6.45, 7) is -0.0981.